The Bertz CT molecular complexity index is 448. The van der Waals surface area contributed by atoms with Gasteiger partial charge in [0.05, 0.1) is 10.6 Å². The van der Waals surface area contributed by atoms with Crippen LogP contribution >= 0.6 is 28.1 Å². The lowest BCUT2D eigenvalue weighted by Gasteiger charge is -2.12. The van der Waals surface area contributed by atoms with E-state index in [1.54, 1.807) is 0 Å². The van der Waals surface area contributed by atoms with Gasteiger partial charge in [0.25, 0.3) is 5.91 Å². The average Bonchev–Trinajstić information content (AvgIpc) is 2.28. The van der Waals surface area contributed by atoms with Gasteiger partial charge < -0.3 is 11.1 Å². The van der Waals surface area contributed by atoms with Crippen molar-refractivity contribution in [2.75, 3.05) is 6.54 Å². The van der Waals surface area contributed by atoms with Crippen molar-refractivity contribution in [3.63, 3.8) is 0 Å². The van der Waals surface area contributed by atoms with Gasteiger partial charge in [-0.2, -0.15) is 0 Å². The molecule has 0 aliphatic carbocycles. The van der Waals surface area contributed by atoms with E-state index in [1.807, 2.05) is 32.0 Å². The van der Waals surface area contributed by atoms with Gasteiger partial charge in [-0.1, -0.05) is 30.8 Å². The molecule has 3 N–H and O–H groups in total. The molecule has 1 unspecified atom stereocenters. The number of aryl methyl sites for hydroxylation is 1. The summed E-state index contributed by atoms with van der Waals surface area (Å²) in [5.41, 5.74) is 7.15. The predicted octanol–water partition coefficient (Wildman–Crippen LogP) is 2.41. The summed E-state index contributed by atoms with van der Waals surface area (Å²) in [6, 6.07) is 5.64. The number of nitrogens with one attached hydrogen (secondary N) is 1. The quantitative estimate of drug-likeness (QED) is 0.839. The lowest BCUT2D eigenvalue weighted by atomic mass is 10.1. The fourth-order valence-electron chi connectivity index (χ4n) is 1.25. The van der Waals surface area contributed by atoms with Gasteiger partial charge in [-0.25, -0.2) is 0 Å². The summed E-state index contributed by atoms with van der Waals surface area (Å²) in [5.74, 6) is -0.124. The molecule has 1 aromatic rings. The van der Waals surface area contributed by atoms with E-state index in [4.69, 9.17) is 18.0 Å². The van der Waals surface area contributed by atoms with Crippen LogP contribution in [-0.4, -0.2) is 17.4 Å². The van der Waals surface area contributed by atoms with E-state index >= 15 is 0 Å². The molecule has 0 aliphatic rings. The number of nitrogens with two attached hydrogens (primary N) is 1. The van der Waals surface area contributed by atoms with Crippen LogP contribution in [0.25, 0.3) is 0 Å². The number of amides is 1. The van der Waals surface area contributed by atoms with Crippen LogP contribution in [0.5, 0.6) is 0 Å². The van der Waals surface area contributed by atoms with Crippen molar-refractivity contribution in [1.29, 1.82) is 0 Å². The molecule has 1 atom stereocenters. The number of rotatable bonds is 4. The summed E-state index contributed by atoms with van der Waals surface area (Å²) in [6.45, 7) is 4.28. The molecule has 3 nitrogen and oxygen atoms in total. The number of halogens is 1. The summed E-state index contributed by atoms with van der Waals surface area (Å²) >= 11 is 8.21. The van der Waals surface area contributed by atoms with E-state index in [0.29, 0.717) is 17.1 Å². The number of hydrogen-bond donors (Lipinski definition) is 2. The zero-order chi connectivity index (χ0) is 13.0. The Kier molecular flexibility index (Phi) is 5.08. The lowest BCUT2D eigenvalue weighted by Crippen LogP contribution is -2.33. The van der Waals surface area contributed by atoms with Gasteiger partial charge in [-0.05, 0) is 35.0 Å². The molecular weight excluding hydrogens is 300 g/mol. The number of hydrogen-bond acceptors (Lipinski definition) is 2. The Hall–Kier alpha value is -0.940. The molecule has 0 spiro atoms. The number of carbonyl (C=O) groups excluding carboxylic acids is 1. The highest BCUT2D eigenvalue weighted by Crippen LogP contribution is 2.17. The molecule has 0 radical (unpaired) electrons. The predicted molar refractivity (Wildman–Crippen MR) is 77.2 cm³/mol. The number of carbonyl (C=O) groups is 1. The van der Waals surface area contributed by atoms with Crippen molar-refractivity contribution in [2.45, 2.75) is 13.8 Å². The molecule has 0 saturated carbocycles. The molecule has 0 saturated heterocycles. The lowest BCUT2D eigenvalue weighted by molar-refractivity contribution is 0.0950. The second-order valence-electron chi connectivity index (χ2n) is 4.00. The molecule has 1 aromatic carbocycles. The first-order chi connectivity index (χ1) is 7.91. The van der Waals surface area contributed by atoms with Crippen LogP contribution in [0.4, 0.5) is 0 Å². The molecule has 0 aliphatic heterocycles. The van der Waals surface area contributed by atoms with Gasteiger partial charge in [0.15, 0.2) is 0 Å². The molecule has 1 amide bonds. The highest BCUT2D eigenvalue weighted by molar-refractivity contribution is 9.10. The largest absolute Gasteiger partial charge is 0.393 e. The Morgan fingerprint density at radius 3 is 2.82 bits per heavy atom. The molecule has 0 fully saturated rings. The maximum atomic E-state index is 11.9. The van der Waals surface area contributed by atoms with Crippen LogP contribution < -0.4 is 11.1 Å². The summed E-state index contributed by atoms with van der Waals surface area (Å²) in [5, 5.41) is 2.81. The molecule has 0 heterocycles. The Balaban J connectivity index is 2.70. The maximum absolute atomic E-state index is 11.9. The van der Waals surface area contributed by atoms with E-state index < -0.39 is 0 Å². The van der Waals surface area contributed by atoms with Crippen LogP contribution in [0.2, 0.25) is 0 Å². The summed E-state index contributed by atoms with van der Waals surface area (Å²) in [7, 11) is 0. The zero-order valence-electron chi connectivity index (χ0n) is 9.79. The summed E-state index contributed by atoms with van der Waals surface area (Å²) in [4.78, 5) is 12.3. The number of benzene rings is 1. The van der Waals surface area contributed by atoms with Crippen LogP contribution in [0.15, 0.2) is 22.7 Å². The summed E-state index contributed by atoms with van der Waals surface area (Å²) in [6.07, 6.45) is 0. The van der Waals surface area contributed by atoms with Crippen molar-refractivity contribution in [3.8, 4) is 0 Å². The van der Waals surface area contributed by atoms with E-state index in [9.17, 15) is 4.79 Å². The van der Waals surface area contributed by atoms with Crippen molar-refractivity contribution >= 4 is 39.0 Å². The van der Waals surface area contributed by atoms with E-state index in [1.165, 1.54) is 0 Å². The van der Waals surface area contributed by atoms with Gasteiger partial charge in [0.2, 0.25) is 0 Å². The Morgan fingerprint density at radius 2 is 2.24 bits per heavy atom. The van der Waals surface area contributed by atoms with Gasteiger partial charge >= 0.3 is 0 Å². The van der Waals surface area contributed by atoms with Crippen LogP contribution in [-0.2, 0) is 0 Å². The minimum Gasteiger partial charge on any atom is -0.393 e. The molecular formula is C12H15BrN2OS. The molecule has 17 heavy (non-hydrogen) atoms. The van der Waals surface area contributed by atoms with Gasteiger partial charge in [-0.3, -0.25) is 4.79 Å². The standard InChI is InChI=1S/C12H15BrN2OS/c1-7-3-4-10(13)9(5-7)12(16)15-6-8(2)11(14)17/h3-5,8H,6H2,1-2H3,(H2,14,17)(H,15,16). The van der Waals surface area contributed by atoms with Gasteiger partial charge in [0.1, 0.15) is 0 Å². The molecule has 0 bridgehead atoms. The van der Waals surface area contributed by atoms with E-state index in [0.717, 1.165) is 10.0 Å². The summed E-state index contributed by atoms with van der Waals surface area (Å²) < 4.78 is 0.781. The molecule has 92 valence electrons. The van der Waals surface area contributed by atoms with E-state index in [-0.39, 0.29) is 11.8 Å². The third-order valence-electron chi connectivity index (χ3n) is 2.42. The Labute approximate surface area is 115 Å². The zero-order valence-corrected chi connectivity index (χ0v) is 12.2. The second kappa shape index (κ2) is 6.12. The second-order valence-corrected chi connectivity index (χ2v) is 5.32. The monoisotopic (exact) mass is 314 g/mol. The topological polar surface area (TPSA) is 55.1 Å². The number of thiocarbonyl (C=S) groups is 1. The highest BCUT2D eigenvalue weighted by Gasteiger charge is 2.12. The van der Waals surface area contributed by atoms with Crippen LogP contribution in [0, 0.1) is 12.8 Å². The normalized spacial score (nSPS) is 11.9. The SMILES string of the molecule is Cc1ccc(Br)c(C(=O)NCC(C)C(N)=S)c1. The van der Waals surface area contributed by atoms with Crippen molar-refractivity contribution in [1.82, 2.24) is 5.32 Å². The fraction of sp³-hybridized carbons (Fsp3) is 0.333. The van der Waals surface area contributed by atoms with Crippen molar-refractivity contribution in [2.24, 2.45) is 11.7 Å². The molecule has 5 heteroatoms. The third-order valence-corrected chi connectivity index (χ3v) is 3.51. The van der Waals surface area contributed by atoms with Gasteiger partial charge in [-0.15, -0.1) is 0 Å². The average molecular weight is 315 g/mol. The minimum atomic E-state index is -0.122. The first kappa shape index (κ1) is 14.1. The van der Waals surface area contributed by atoms with Crippen molar-refractivity contribution in [3.05, 3.63) is 33.8 Å². The first-order valence-corrected chi connectivity index (χ1v) is 6.45. The molecule has 0 aromatic heterocycles. The van der Waals surface area contributed by atoms with Crippen LogP contribution in [0.1, 0.15) is 22.8 Å². The molecule has 1 rings (SSSR count). The highest BCUT2D eigenvalue weighted by atomic mass is 79.9. The van der Waals surface area contributed by atoms with Crippen molar-refractivity contribution < 1.29 is 4.79 Å². The first-order valence-electron chi connectivity index (χ1n) is 5.25. The van der Waals surface area contributed by atoms with Gasteiger partial charge in [0, 0.05) is 16.9 Å². The maximum Gasteiger partial charge on any atom is 0.252 e. The smallest absolute Gasteiger partial charge is 0.252 e. The minimum absolute atomic E-state index is 0.00228. The Morgan fingerprint density at radius 1 is 1.59 bits per heavy atom. The van der Waals surface area contributed by atoms with E-state index in [2.05, 4.69) is 21.2 Å². The fourth-order valence-corrected chi connectivity index (χ4v) is 1.76. The van der Waals surface area contributed by atoms with Crippen LogP contribution in [0.3, 0.4) is 0 Å². The third kappa shape index (κ3) is 4.09.